The summed E-state index contributed by atoms with van der Waals surface area (Å²) < 4.78 is 32.1. The number of aromatic nitrogens is 4. The molecule has 0 spiro atoms. The molecule has 13 heteroatoms. The van der Waals surface area contributed by atoms with Crippen LogP contribution in [0.15, 0.2) is 31.9 Å². The second-order valence-electron chi connectivity index (χ2n) is 5.87. The summed E-state index contributed by atoms with van der Waals surface area (Å²) in [4.78, 5) is 17.9. The molecule has 0 bridgehead atoms. The number of hydrogen-bond donors (Lipinski definition) is 2. The number of aromatic amines is 1. The quantitative estimate of drug-likeness (QED) is 0.424. The van der Waals surface area contributed by atoms with Crippen molar-refractivity contribution in [2.24, 2.45) is 0 Å². The molecule has 0 radical (unpaired) electrons. The minimum absolute atomic E-state index is 0.00547. The summed E-state index contributed by atoms with van der Waals surface area (Å²) in [5.41, 5.74) is 0.665. The number of rotatable bonds is 5. The van der Waals surface area contributed by atoms with E-state index in [4.69, 9.17) is 4.42 Å². The second kappa shape index (κ2) is 7.06. The van der Waals surface area contributed by atoms with Gasteiger partial charge in [0, 0.05) is 10.7 Å². The lowest BCUT2D eigenvalue weighted by Gasteiger charge is -2.07. The highest BCUT2D eigenvalue weighted by molar-refractivity contribution is 9.10. The average Bonchev–Trinajstić information content (AvgIpc) is 3.26. The molecule has 3 heterocycles. The number of H-pyrrole nitrogens is 1. The summed E-state index contributed by atoms with van der Waals surface area (Å²) in [6.45, 7) is 0. The van der Waals surface area contributed by atoms with Gasteiger partial charge in [0.05, 0.1) is 21.5 Å². The Balaban J connectivity index is 1.73. The number of thiazole rings is 2. The fourth-order valence-electron chi connectivity index (χ4n) is 2.55. The van der Waals surface area contributed by atoms with Gasteiger partial charge in [0.1, 0.15) is 5.01 Å². The van der Waals surface area contributed by atoms with Crippen molar-refractivity contribution in [3.8, 4) is 5.88 Å². The van der Waals surface area contributed by atoms with Crippen LogP contribution in [0.25, 0.3) is 10.2 Å². The van der Waals surface area contributed by atoms with Gasteiger partial charge < -0.3 is 9.52 Å². The summed E-state index contributed by atoms with van der Waals surface area (Å²) in [5.74, 6) is -0.304. The Morgan fingerprint density at radius 3 is 2.79 bits per heavy atom. The van der Waals surface area contributed by atoms with Crippen LogP contribution in [-0.2, 0) is 16.3 Å². The van der Waals surface area contributed by atoms with E-state index in [0.717, 1.165) is 26.8 Å². The van der Waals surface area contributed by atoms with Gasteiger partial charge in [-0.2, -0.15) is 0 Å². The zero-order valence-corrected chi connectivity index (χ0v) is 18.1. The minimum Gasteiger partial charge on any atom is -0.494 e. The molecule has 28 heavy (non-hydrogen) atoms. The maximum atomic E-state index is 12.4. The van der Waals surface area contributed by atoms with E-state index in [1.165, 1.54) is 11.3 Å². The zero-order chi connectivity index (χ0) is 20.1. The maximum Gasteiger partial charge on any atom is 0.307 e. The van der Waals surface area contributed by atoms with Crippen molar-refractivity contribution in [3.63, 3.8) is 0 Å². The summed E-state index contributed by atoms with van der Waals surface area (Å²) >= 11 is 5.42. The molecular weight excluding hydrogens is 492 g/mol. The molecule has 146 valence electrons. The van der Waals surface area contributed by atoms with Crippen LogP contribution in [0.1, 0.15) is 26.9 Å². The topological polar surface area (TPSA) is 139 Å². The first kappa shape index (κ1) is 19.2. The average molecular weight is 503 g/mol. The van der Waals surface area contributed by atoms with Gasteiger partial charge in [0.15, 0.2) is 15.1 Å². The van der Waals surface area contributed by atoms with Crippen LogP contribution in [-0.4, -0.2) is 39.9 Å². The molecule has 1 unspecified atom stereocenters. The molecule has 1 aromatic carbocycles. The highest BCUT2D eigenvalue weighted by Gasteiger charge is 2.34. The largest absolute Gasteiger partial charge is 0.494 e. The van der Waals surface area contributed by atoms with E-state index < -0.39 is 20.0 Å². The lowest BCUT2D eigenvalue weighted by Crippen LogP contribution is -2.13. The van der Waals surface area contributed by atoms with E-state index in [2.05, 4.69) is 36.1 Å². The molecule has 0 saturated carbocycles. The van der Waals surface area contributed by atoms with Crippen LogP contribution in [0.5, 0.6) is 5.88 Å². The van der Waals surface area contributed by atoms with Gasteiger partial charge in [-0.3, -0.25) is 9.78 Å². The van der Waals surface area contributed by atoms with Crippen LogP contribution < -0.4 is 4.87 Å². The van der Waals surface area contributed by atoms with Crippen LogP contribution in [0.3, 0.4) is 0 Å². The summed E-state index contributed by atoms with van der Waals surface area (Å²) in [6.07, 6.45) is 1.08. The normalized spacial score (nSPS) is 13.2. The van der Waals surface area contributed by atoms with Gasteiger partial charge in [0.2, 0.25) is 17.7 Å². The number of aromatic hydroxyl groups is 1. The molecule has 0 fully saturated rings. The van der Waals surface area contributed by atoms with Gasteiger partial charge in [-0.25, -0.2) is 13.4 Å². The minimum atomic E-state index is -3.66. The molecular formula is C15H11BrN4O5S3. The zero-order valence-electron chi connectivity index (χ0n) is 14.0. The van der Waals surface area contributed by atoms with Gasteiger partial charge in [-0.15, -0.1) is 21.5 Å². The second-order valence-corrected chi connectivity index (χ2v) is 11.0. The van der Waals surface area contributed by atoms with Crippen molar-refractivity contribution in [2.75, 3.05) is 6.26 Å². The third-order valence-corrected chi connectivity index (χ3v) is 7.62. The van der Waals surface area contributed by atoms with Gasteiger partial charge in [0.25, 0.3) is 0 Å². The van der Waals surface area contributed by atoms with Crippen molar-refractivity contribution >= 4 is 58.7 Å². The number of fused-ring (bicyclic) bond motifs is 1. The van der Waals surface area contributed by atoms with Crippen LogP contribution in [0.2, 0.25) is 0 Å². The fourth-order valence-corrected chi connectivity index (χ4v) is 6.31. The Morgan fingerprint density at radius 2 is 2.11 bits per heavy atom. The van der Waals surface area contributed by atoms with Gasteiger partial charge in [-0.1, -0.05) is 27.3 Å². The number of nitrogens with zero attached hydrogens (tertiary/aromatic N) is 3. The molecule has 3 aromatic heterocycles. The summed E-state index contributed by atoms with van der Waals surface area (Å²) in [7, 11) is -3.66. The van der Waals surface area contributed by atoms with E-state index in [1.54, 1.807) is 6.07 Å². The van der Waals surface area contributed by atoms with E-state index >= 15 is 0 Å². The third-order valence-electron chi connectivity index (χ3n) is 3.74. The van der Waals surface area contributed by atoms with E-state index in [-0.39, 0.29) is 24.1 Å². The standard InChI is InChI=1S/C15H11BrN4O5S3/c1-28(23,24)11(14-17-7-3-2-6(16)4-8(7)26-14)13-20-19-10(25-13)5-9-12(21)18-15(22)27-9/h2-4,11,21H,5H2,1H3,(H,18,22). The molecule has 1 atom stereocenters. The number of nitrogens with one attached hydrogen (secondary N) is 1. The lowest BCUT2D eigenvalue weighted by atomic mass is 10.3. The molecule has 9 nitrogen and oxygen atoms in total. The van der Waals surface area contributed by atoms with Crippen molar-refractivity contribution in [2.45, 2.75) is 11.7 Å². The van der Waals surface area contributed by atoms with Crippen LogP contribution in [0.4, 0.5) is 0 Å². The Hall–Kier alpha value is -2.09. The number of sulfone groups is 1. The maximum absolute atomic E-state index is 12.4. The Labute approximate surface area is 174 Å². The Kier molecular flexibility index (Phi) is 4.85. The molecule has 4 rings (SSSR count). The SMILES string of the molecule is CS(=O)(=O)C(c1nnc(Cc2sc(=O)[nH]c2O)o1)c1nc2ccc(Br)cc2s1. The summed E-state index contributed by atoms with van der Waals surface area (Å²) in [6, 6.07) is 5.46. The lowest BCUT2D eigenvalue weighted by molar-refractivity contribution is 0.438. The van der Waals surface area contributed by atoms with Crippen molar-refractivity contribution < 1.29 is 17.9 Å². The fraction of sp³-hybridized carbons (Fsp3) is 0.200. The number of hydrogen-bond acceptors (Lipinski definition) is 10. The van der Waals surface area contributed by atoms with E-state index in [0.29, 0.717) is 15.4 Å². The van der Waals surface area contributed by atoms with Crippen LogP contribution >= 0.6 is 38.6 Å². The molecule has 2 N–H and O–H groups in total. The highest BCUT2D eigenvalue weighted by atomic mass is 79.9. The summed E-state index contributed by atoms with van der Waals surface area (Å²) in [5, 5.41) is 16.5. The molecule has 0 aliphatic heterocycles. The monoisotopic (exact) mass is 502 g/mol. The molecule has 0 saturated heterocycles. The third kappa shape index (κ3) is 3.74. The Morgan fingerprint density at radius 1 is 1.32 bits per heavy atom. The predicted molar refractivity (Wildman–Crippen MR) is 108 cm³/mol. The smallest absolute Gasteiger partial charge is 0.307 e. The molecule has 4 aromatic rings. The highest BCUT2D eigenvalue weighted by Crippen LogP contribution is 2.36. The first-order chi connectivity index (χ1) is 13.2. The van der Waals surface area contributed by atoms with Gasteiger partial charge >= 0.3 is 4.87 Å². The van der Waals surface area contributed by atoms with Crippen molar-refractivity contribution in [1.82, 2.24) is 20.2 Å². The van der Waals surface area contributed by atoms with Crippen molar-refractivity contribution in [3.05, 3.63) is 54.0 Å². The number of benzene rings is 1. The predicted octanol–water partition coefficient (Wildman–Crippen LogP) is 2.62. The first-order valence-electron chi connectivity index (χ1n) is 7.69. The molecule has 0 amide bonds. The van der Waals surface area contributed by atoms with E-state index in [1.807, 2.05) is 12.1 Å². The number of halogens is 1. The molecule has 0 aliphatic rings. The van der Waals surface area contributed by atoms with Crippen molar-refractivity contribution in [1.29, 1.82) is 0 Å². The van der Waals surface area contributed by atoms with E-state index in [9.17, 15) is 18.3 Å². The molecule has 0 aliphatic carbocycles. The van der Waals surface area contributed by atoms with Crippen LogP contribution in [0, 0.1) is 0 Å². The first-order valence-corrected chi connectivity index (χ1v) is 12.1. The Bertz CT molecular complexity index is 1340. The van der Waals surface area contributed by atoms with Gasteiger partial charge in [-0.05, 0) is 18.2 Å².